The van der Waals surface area contributed by atoms with Crippen molar-refractivity contribution in [2.75, 3.05) is 24.2 Å². The predicted molar refractivity (Wildman–Crippen MR) is 156 cm³/mol. The number of hydroxylamine groups is 1. The van der Waals surface area contributed by atoms with Crippen LogP contribution in [0.2, 0.25) is 0 Å². The molecule has 3 aromatic rings. The van der Waals surface area contributed by atoms with Gasteiger partial charge in [-0.1, -0.05) is 31.5 Å². The molecule has 3 rings (SSSR count). The normalized spacial score (nSPS) is 15.3. The van der Waals surface area contributed by atoms with E-state index in [-0.39, 0.29) is 17.8 Å². The number of hydrogen-bond donors (Lipinski definition) is 3. The van der Waals surface area contributed by atoms with Crippen molar-refractivity contribution < 1.29 is 28.0 Å². The molecule has 0 spiro atoms. The summed E-state index contributed by atoms with van der Waals surface area (Å²) in [4.78, 5) is 27.6. The van der Waals surface area contributed by atoms with Crippen LogP contribution in [0.25, 0.3) is 11.2 Å². The van der Waals surface area contributed by atoms with Crippen molar-refractivity contribution in [1.82, 2.24) is 30.1 Å². The first-order valence-electron chi connectivity index (χ1n) is 13.6. The Balaban J connectivity index is 1.79. The van der Waals surface area contributed by atoms with Gasteiger partial charge in [-0.3, -0.25) is 9.36 Å². The number of carbonyl (C=O) groups excluding carboxylic acids is 1. The predicted octanol–water partition coefficient (Wildman–Crippen LogP) is 4.16. The number of nitrogen functional groups attached to an aromatic ring is 1. The summed E-state index contributed by atoms with van der Waals surface area (Å²) in [7, 11) is -2.25. The summed E-state index contributed by atoms with van der Waals surface area (Å²) in [5.74, 6) is 0.411. The van der Waals surface area contributed by atoms with Crippen LogP contribution in [0.4, 0.5) is 11.8 Å². The van der Waals surface area contributed by atoms with Crippen molar-refractivity contribution in [1.29, 1.82) is 0 Å². The number of carbonyl (C=O) groups is 1. The number of rotatable bonds is 16. The van der Waals surface area contributed by atoms with Crippen molar-refractivity contribution in [2.45, 2.75) is 79.0 Å². The molecule has 0 bridgehead atoms. The van der Waals surface area contributed by atoms with Crippen LogP contribution in [-0.2, 0) is 23.5 Å². The molecule has 41 heavy (non-hydrogen) atoms. The van der Waals surface area contributed by atoms with E-state index in [0.717, 1.165) is 0 Å². The van der Waals surface area contributed by atoms with Crippen LogP contribution in [0.1, 0.15) is 60.6 Å². The average Bonchev–Trinajstić information content (AvgIpc) is 3.35. The molecule has 0 fully saturated rings. The van der Waals surface area contributed by atoms with E-state index in [1.807, 2.05) is 32.7 Å². The molecular weight excluding hydrogens is 551 g/mol. The number of anilines is 2. The van der Waals surface area contributed by atoms with Crippen LogP contribution in [0.5, 0.6) is 5.75 Å². The maximum Gasteiger partial charge on any atom is 0.476 e. The maximum absolute atomic E-state index is 13.8. The Bertz CT molecular complexity index is 1320. The van der Waals surface area contributed by atoms with E-state index in [4.69, 9.17) is 24.4 Å². The highest BCUT2D eigenvalue weighted by molar-refractivity contribution is 7.52. The molecule has 0 saturated carbocycles. The molecule has 0 aliphatic carbocycles. The molecule has 2 unspecified atom stereocenters. The second-order valence-corrected chi connectivity index (χ2v) is 11.3. The van der Waals surface area contributed by atoms with E-state index >= 15 is 0 Å². The number of aromatic nitrogens is 4. The van der Waals surface area contributed by atoms with E-state index in [0.29, 0.717) is 36.4 Å². The van der Waals surface area contributed by atoms with Crippen LogP contribution in [0, 0.1) is 0 Å². The fourth-order valence-corrected chi connectivity index (χ4v) is 5.14. The molecular formula is C26H41N8O6P. The maximum atomic E-state index is 13.8. The van der Waals surface area contributed by atoms with Crippen LogP contribution < -0.4 is 25.7 Å². The van der Waals surface area contributed by atoms with E-state index in [1.165, 1.54) is 6.92 Å². The zero-order valence-corrected chi connectivity index (χ0v) is 25.5. The number of fused-ring (bicyclic) bond motifs is 1. The summed E-state index contributed by atoms with van der Waals surface area (Å²) in [6.45, 7) is 11.5. The summed E-state index contributed by atoms with van der Waals surface area (Å²) >= 11 is 0. The molecule has 4 atom stereocenters. The summed E-state index contributed by atoms with van der Waals surface area (Å²) in [5.41, 5.74) is 9.82. The average molecular weight is 593 g/mol. The van der Waals surface area contributed by atoms with Gasteiger partial charge in [0.25, 0.3) is 0 Å². The van der Waals surface area contributed by atoms with Gasteiger partial charge in [0.05, 0.1) is 12.4 Å². The number of nitrogens with zero attached hydrogens (tertiary/aromatic N) is 5. The third-order valence-corrected chi connectivity index (χ3v) is 7.39. The number of benzene rings is 1. The lowest BCUT2D eigenvalue weighted by molar-refractivity contribution is -0.149. The molecule has 0 saturated heterocycles. The Morgan fingerprint density at radius 3 is 2.49 bits per heavy atom. The van der Waals surface area contributed by atoms with Gasteiger partial charge in [-0.25, -0.2) is 9.55 Å². The zero-order valence-electron chi connectivity index (χ0n) is 24.6. The van der Waals surface area contributed by atoms with Crippen LogP contribution >= 0.6 is 7.75 Å². The number of esters is 1. The van der Waals surface area contributed by atoms with E-state index in [1.54, 1.807) is 55.1 Å². The minimum absolute atomic E-state index is 0.114. The van der Waals surface area contributed by atoms with Crippen molar-refractivity contribution in [3.05, 3.63) is 36.7 Å². The Kier molecular flexibility index (Phi) is 11.4. The number of nitrogens with two attached hydrogens (primary N) is 1. The molecule has 4 N–H and O–H groups in total. The van der Waals surface area contributed by atoms with Crippen molar-refractivity contribution in [3.63, 3.8) is 0 Å². The standard InChI is InChI=1S/C26H41N8O6P/c1-8-13-21(38-19(6)34-16-28-22-23(33(7)9-2)29-26(27)30-24(22)34)31-40-41(36,39-20-14-11-10-12-15-20)32-18(5)25(35)37-17(3)4/h10-12,14-19,21,31H,8-9,13H2,1-7H3,(H,32,36)(H2,27,29,30)/t18-,19+,21?,41?/m0/s1. The zero-order chi connectivity index (χ0) is 30.2. The molecule has 0 radical (unpaired) electrons. The van der Waals surface area contributed by atoms with Crippen LogP contribution in [-0.4, -0.2) is 57.5 Å². The topological polar surface area (TPSA) is 168 Å². The second-order valence-electron chi connectivity index (χ2n) is 9.70. The number of nitrogens with one attached hydrogen (secondary N) is 2. The monoisotopic (exact) mass is 592 g/mol. The highest BCUT2D eigenvalue weighted by Gasteiger charge is 2.34. The highest BCUT2D eigenvalue weighted by atomic mass is 31.2. The Morgan fingerprint density at radius 1 is 1.15 bits per heavy atom. The van der Waals surface area contributed by atoms with Crippen LogP contribution in [0.3, 0.4) is 0 Å². The molecule has 2 aromatic heterocycles. The van der Waals surface area contributed by atoms with Crippen molar-refractivity contribution in [3.8, 4) is 5.75 Å². The summed E-state index contributed by atoms with van der Waals surface area (Å²) in [6.07, 6.45) is 1.16. The quantitative estimate of drug-likeness (QED) is 0.0939. The molecule has 15 heteroatoms. The molecule has 2 heterocycles. The van der Waals surface area contributed by atoms with Gasteiger partial charge in [-0.2, -0.15) is 25.2 Å². The number of imidazole rings is 1. The third-order valence-electron chi connectivity index (χ3n) is 5.89. The number of hydrogen-bond acceptors (Lipinski definition) is 12. The molecule has 226 valence electrons. The van der Waals surface area contributed by atoms with Crippen molar-refractivity contribution in [2.24, 2.45) is 0 Å². The third kappa shape index (κ3) is 8.85. The van der Waals surface area contributed by atoms with Gasteiger partial charge < -0.3 is 24.6 Å². The smallest absolute Gasteiger partial charge is 0.462 e. The number of para-hydroxylation sites is 1. The lowest BCUT2D eigenvalue weighted by atomic mass is 10.3. The van der Waals surface area contributed by atoms with Crippen LogP contribution in [0.15, 0.2) is 36.7 Å². The Morgan fingerprint density at radius 2 is 1.85 bits per heavy atom. The molecule has 14 nitrogen and oxygen atoms in total. The summed E-state index contributed by atoms with van der Waals surface area (Å²) < 4.78 is 38.3. The molecule has 0 aliphatic heterocycles. The first-order chi connectivity index (χ1) is 19.5. The number of ether oxygens (including phenoxy) is 2. The minimum atomic E-state index is -4.15. The Hall–Kier alpha value is -3.29. The molecule has 0 amide bonds. The summed E-state index contributed by atoms with van der Waals surface area (Å²) in [6, 6.07) is 7.50. The Labute approximate surface area is 240 Å². The lowest BCUT2D eigenvalue weighted by Crippen LogP contribution is -2.40. The van der Waals surface area contributed by atoms with Gasteiger partial charge in [0.15, 0.2) is 17.0 Å². The first-order valence-corrected chi connectivity index (χ1v) is 15.1. The van der Waals surface area contributed by atoms with Gasteiger partial charge in [-0.05, 0) is 53.2 Å². The van der Waals surface area contributed by atoms with Gasteiger partial charge in [0.1, 0.15) is 24.2 Å². The van der Waals surface area contributed by atoms with Gasteiger partial charge in [0.2, 0.25) is 5.95 Å². The molecule has 0 aliphatic rings. The SMILES string of the molecule is CCCC(NOP(=O)(N[C@@H](C)C(=O)OC(C)C)Oc1ccccc1)O[C@H](C)n1cnc2c(N(C)CC)nc(N)nc21. The van der Waals surface area contributed by atoms with E-state index in [2.05, 4.69) is 25.5 Å². The second kappa shape index (κ2) is 14.6. The fraction of sp³-hybridized carbons (Fsp3) is 0.538. The van der Waals surface area contributed by atoms with Gasteiger partial charge >= 0.3 is 13.7 Å². The van der Waals surface area contributed by atoms with E-state index < -0.39 is 32.2 Å². The first kappa shape index (κ1) is 32.2. The summed E-state index contributed by atoms with van der Waals surface area (Å²) in [5, 5.41) is 2.65. The fourth-order valence-electron chi connectivity index (χ4n) is 3.76. The lowest BCUT2D eigenvalue weighted by Gasteiger charge is -2.27. The minimum Gasteiger partial charge on any atom is -0.462 e. The van der Waals surface area contributed by atoms with Gasteiger partial charge in [-0.15, -0.1) is 0 Å². The molecule has 1 aromatic carbocycles. The largest absolute Gasteiger partial charge is 0.476 e. The highest BCUT2D eigenvalue weighted by Crippen LogP contribution is 2.44. The van der Waals surface area contributed by atoms with Gasteiger partial charge in [0, 0.05) is 13.6 Å². The van der Waals surface area contributed by atoms with E-state index in [9.17, 15) is 9.36 Å². The van der Waals surface area contributed by atoms with Crippen molar-refractivity contribution >= 4 is 36.6 Å².